The average Bonchev–Trinajstić information content (AvgIpc) is 3.33. The van der Waals surface area contributed by atoms with Gasteiger partial charge in [0, 0.05) is 50.3 Å². The topological polar surface area (TPSA) is 89.7 Å². The Kier molecular flexibility index (Phi) is 5.40. The predicted octanol–water partition coefficient (Wildman–Crippen LogP) is 4.81. The molecule has 4 heterocycles. The number of aliphatic imine (C=N–C) groups is 1. The molecule has 0 unspecified atom stereocenters. The van der Waals surface area contributed by atoms with Gasteiger partial charge in [0.1, 0.15) is 23.3 Å². The monoisotopic (exact) mass is 632 g/mol. The number of hydrogen-bond acceptors (Lipinski definition) is 7. The molecule has 0 radical (unpaired) electrons. The van der Waals surface area contributed by atoms with Gasteiger partial charge >= 0.3 is 0 Å². The number of pyridine rings is 3. The molecule has 0 spiro atoms. The van der Waals surface area contributed by atoms with Gasteiger partial charge in [0.05, 0.1) is 6.04 Å². The van der Waals surface area contributed by atoms with E-state index in [-0.39, 0.29) is 50.3 Å². The third-order valence-electron chi connectivity index (χ3n) is 6.37. The zero-order valence-electron chi connectivity index (χ0n) is 18.7. The molecule has 1 aliphatic heterocycles. The second-order valence-corrected chi connectivity index (χ2v) is 9.00. The van der Waals surface area contributed by atoms with Gasteiger partial charge in [-0.2, -0.15) is 0 Å². The number of benzene rings is 1. The van der Waals surface area contributed by atoms with Crippen LogP contribution in [0.5, 0.6) is 17.5 Å². The summed E-state index contributed by atoms with van der Waals surface area (Å²) >= 11 is 0. The number of aryl methyl sites for hydroxylation is 1. The van der Waals surface area contributed by atoms with E-state index in [2.05, 4.69) is 34.9 Å². The molecule has 0 amide bonds. The van der Waals surface area contributed by atoms with Crippen molar-refractivity contribution in [1.29, 1.82) is 0 Å². The van der Waals surface area contributed by atoms with Crippen molar-refractivity contribution in [3.8, 4) is 17.5 Å². The molecule has 7 nitrogen and oxygen atoms in total. The summed E-state index contributed by atoms with van der Waals surface area (Å²) in [5, 5.41) is 11.1. The second kappa shape index (κ2) is 8.17. The quantitative estimate of drug-likeness (QED) is 0.327. The first-order valence-electron chi connectivity index (χ1n) is 10.8. The molecule has 4 aromatic rings. The van der Waals surface area contributed by atoms with E-state index in [1.807, 2.05) is 31.3 Å². The number of nitrogens with zero attached hydrogens (tertiary/aromatic N) is 4. The van der Waals surface area contributed by atoms with Crippen molar-refractivity contribution in [3.05, 3.63) is 83.3 Å². The van der Waals surface area contributed by atoms with Gasteiger partial charge in [-0.05, 0) is 54.1 Å². The van der Waals surface area contributed by atoms with E-state index in [1.54, 1.807) is 30.6 Å². The molecular weight excluding hydrogens is 611 g/mol. The number of aromatic hydroxyl groups is 1. The number of hydrogen-bond donors (Lipinski definition) is 1. The molecule has 0 fully saturated rings. The van der Waals surface area contributed by atoms with E-state index < -0.39 is 0 Å². The predicted molar refractivity (Wildman–Crippen MR) is 123 cm³/mol. The fourth-order valence-electron chi connectivity index (χ4n) is 4.71. The van der Waals surface area contributed by atoms with Gasteiger partial charge in [-0.3, -0.25) is 4.98 Å². The molecule has 2 aliphatic rings. The first-order chi connectivity index (χ1) is 15.9. The van der Waals surface area contributed by atoms with E-state index in [0.29, 0.717) is 22.9 Å². The van der Waals surface area contributed by atoms with Gasteiger partial charge < -0.3 is 19.6 Å². The molecular formula is C26H21N4O3Pt-. The maximum absolute atomic E-state index is 10.2. The summed E-state index contributed by atoms with van der Waals surface area (Å²) in [7, 11) is 0. The third-order valence-corrected chi connectivity index (χ3v) is 6.37. The Bertz CT molecular complexity index is 1450. The van der Waals surface area contributed by atoms with Gasteiger partial charge in [-0.1, -0.05) is 13.8 Å². The van der Waals surface area contributed by atoms with Crippen LogP contribution in [0.25, 0.3) is 10.9 Å². The first kappa shape index (κ1) is 22.5. The maximum Gasteiger partial charge on any atom is 0.220 e. The summed E-state index contributed by atoms with van der Waals surface area (Å²) in [6, 6.07) is 14.1. The van der Waals surface area contributed by atoms with E-state index >= 15 is 0 Å². The van der Waals surface area contributed by atoms with Crippen molar-refractivity contribution < 1.29 is 35.6 Å². The van der Waals surface area contributed by atoms with E-state index in [0.717, 1.165) is 16.5 Å². The van der Waals surface area contributed by atoms with Crippen LogP contribution in [-0.2, 0) is 31.2 Å². The Morgan fingerprint density at radius 1 is 1.12 bits per heavy atom. The van der Waals surface area contributed by atoms with Crippen LogP contribution in [0.1, 0.15) is 42.2 Å². The molecule has 6 rings (SSSR count). The number of ether oxygens (including phenoxy) is 2. The second-order valence-electron chi connectivity index (χ2n) is 9.00. The van der Waals surface area contributed by atoms with Crippen LogP contribution >= 0.6 is 0 Å². The SMILES string of the molecule is Cc1cc(O)c2nc(Oc3[c-]c(C4=N[C@@H]5[C@H](O4)c4ccncc4C5(C)C)ccn3)ccc2c1.[Pt]. The summed E-state index contributed by atoms with van der Waals surface area (Å²) in [4.78, 5) is 17.9. The number of rotatable bonds is 3. The van der Waals surface area contributed by atoms with Crippen LogP contribution in [0.3, 0.4) is 0 Å². The molecule has 174 valence electrons. The van der Waals surface area contributed by atoms with Gasteiger partial charge in [0.2, 0.25) is 5.88 Å². The summed E-state index contributed by atoms with van der Waals surface area (Å²) in [5.41, 5.74) is 4.21. The molecule has 1 aliphatic carbocycles. The Balaban J connectivity index is 0.00000241. The molecule has 34 heavy (non-hydrogen) atoms. The summed E-state index contributed by atoms with van der Waals surface area (Å²) in [6.45, 7) is 6.26. The fraction of sp³-hybridized carbons (Fsp3) is 0.231. The van der Waals surface area contributed by atoms with Crippen molar-refractivity contribution in [2.24, 2.45) is 4.99 Å². The fourth-order valence-corrected chi connectivity index (χ4v) is 4.71. The van der Waals surface area contributed by atoms with Crippen LogP contribution in [-0.4, -0.2) is 32.0 Å². The van der Waals surface area contributed by atoms with Crippen molar-refractivity contribution >= 4 is 16.8 Å². The molecule has 8 heteroatoms. The molecule has 0 saturated heterocycles. The van der Waals surface area contributed by atoms with Crippen LogP contribution in [0.2, 0.25) is 0 Å². The molecule has 0 saturated carbocycles. The van der Waals surface area contributed by atoms with Gasteiger partial charge in [-0.25, -0.2) is 9.97 Å². The summed E-state index contributed by atoms with van der Waals surface area (Å²) in [6.07, 6.45) is 5.18. The Morgan fingerprint density at radius 2 is 1.97 bits per heavy atom. The normalized spacial score (nSPS) is 19.6. The third kappa shape index (κ3) is 3.55. The standard InChI is InChI=1S/C26H21N4O3.Pt/c1-14-10-15-4-5-20(29-22(15)19(31)11-14)32-21-12-16(6-9-28-21)25-30-24-23(33-25)17-7-8-27-13-18(17)26(24,2)3;/h4-11,13,23-24,31H,1-3H3;/q-1;/t23-,24-;/m1./s1. The Hall–Kier alpha value is -3.31. The summed E-state index contributed by atoms with van der Waals surface area (Å²) in [5.74, 6) is 1.20. The van der Waals surface area contributed by atoms with Crippen molar-refractivity contribution in [1.82, 2.24) is 15.0 Å². The zero-order chi connectivity index (χ0) is 22.7. The first-order valence-corrected chi connectivity index (χ1v) is 10.8. The minimum atomic E-state index is -0.183. The van der Waals surface area contributed by atoms with Crippen molar-refractivity contribution in [3.63, 3.8) is 0 Å². The van der Waals surface area contributed by atoms with E-state index in [9.17, 15) is 5.11 Å². The number of phenolic OH excluding ortho intramolecular Hbond substituents is 1. The maximum atomic E-state index is 10.2. The average molecular weight is 633 g/mol. The van der Waals surface area contributed by atoms with Crippen LogP contribution < -0.4 is 4.74 Å². The summed E-state index contributed by atoms with van der Waals surface area (Å²) < 4.78 is 12.1. The molecule has 3 aromatic heterocycles. The minimum absolute atomic E-state index is 0. The van der Waals surface area contributed by atoms with E-state index in [4.69, 9.17) is 14.5 Å². The Morgan fingerprint density at radius 3 is 2.82 bits per heavy atom. The molecule has 0 bridgehead atoms. The van der Waals surface area contributed by atoms with E-state index in [1.165, 1.54) is 5.56 Å². The van der Waals surface area contributed by atoms with Crippen molar-refractivity contribution in [2.45, 2.75) is 38.3 Å². The van der Waals surface area contributed by atoms with Crippen molar-refractivity contribution in [2.75, 3.05) is 0 Å². The van der Waals surface area contributed by atoms with Gasteiger partial charge in [0.25, 0.3) is 0 Å². The smallest absolute Gasteiger partial charge is 0.220 e. The number of phenols is 1. The van der Waals surface area contributed by atoms with Crippen LogP contribution in [0, 0.1) is 13.0 Å². The minimum Gasteiger partial charge on any atom is -0.525 e. The number of fused-ring (bicyclic) bond motifs is 4. The number of aromatic nitrogens is 3. The van der Waals surface area contributed by atoms with Gasteiger partial charge in [-0.15, -0.1) is 17.7 Å². The largest absolute Gasteiger partial charge is 0.525 e. The molecule has 1 aromatic carbocycles. The zero-order valence-corrected chi connectivity index (χ0v) is 21.0. The molecule has 2 atom stereocenters. The molecule has 1 N–H and O–H groups in total. The van der Waals surface area contributed by atoms with Crippen LogP contribution in [0.15, 0.2) is 60.0 Å². The Labute approximate surface area is 211 Å². The van der Waals surface area contributed by atoms with Crippen LogP contribution in [0.4, 0.5) is 0 Å². The van der Waals surface area contributed by atoms with Gasteiger partial charge in [0.15, 0.2) is 5.88 Å².